The molecule has 2 aliphatic rings. The standard InChI is InChI=1S/C18H25FN6O/c1-11-7-12(2)25(23-11)6-5-16(26)24-9-14(8-19)15(10-24)18-20-17(21-22-18)13-3-4-13/h7,13-15H,3-6,8-10H2,1-2H3,(H,20,21,22)/t14-,15-/m1/s1. The third kappa shape index (κ3) is 3.37. The fraction of sp³-hybridized carbons (Fsp3) is 0.667. The van der Waals surface area contributed by atoms with E-state index >= 15 is 0 Å². The number of aromatic amines is 1. The molecule has 0 radical (unpaired) electrons. The van der Waals surface area contributed by atoms with Crippen LogP contribution in [-0.4, -0.2) is 55.5 Å². The van der Waals surface area contributed by atoms with Crippen LogP contribution in [0.3, 0.4) is 0 Å². The maximum atomic E-state index is 13.5. The highest BCUT2D eigenvalue weighted by Gasteiger charge is 2.39. The summed E-state index contributed by atoms with van der Waals surface area (Å²) in [4.78, 5) is 18.9. The van der Waals surface area contributed by atoms with E-state index in [0.29, 0.717) is 32.0 Å². The first-order valence-electron chi connectivity index (χ1n) is 9.32. The van der Waals surface area contributed by atoms with Gasteiger partial charge in [0.05, 0.1) is 12.4 Å². The van der Waals surface area contributed by atoms with E-state index in [9.17, 15) is 9.18 Å². The molecule has 0 bridgehead atoms. The van der Waals surface area contributed by atoms with Gasteiger partial charge in [-0.05, 0) is 32.8 Å². The molecular weight excluding hydrogens is 335 g/mol. The van der Waals surface area contributed by atoms with E-state index < -0.39 is 6.67 Å². The number of likely N-dealkylation sites (tertiary alicyclic amines) is 1. The van der Waals surface area contributed by atoms with E-state index in [1.54, 1.807) is 4.90 Å². The Hall–Kier alpha value is -2.25. The molecule has 0 aromatic carbocycles. The number of alkyl halides is 1. The summed E-state index contributed by atoms with van der Waals surface area (Å²) in [5.74, 6) is 1.75. The number of hydrogen-bond donors (Lipinski definition) is 1. The molecule has 8 heteroatoms. The number of H-pyrrole nitrogens is 1. The van der Waals surface area contributed by atoms with Gasteiger partial charge in [-0.25, -0.2) is 4.98 Å². The number of carbonyl (C=O) groups is 1. The molecule has 1 aliphatic heterocycles. The Morgan fingerprint density at radius 2 is 2.15 bits per heavy atom. The summed E-state index contributed by atoms with van der Waals surface area (Å²) in [6, 6.07) is 2.00. The van der Waals surface area contributed by atoms with Crippen molar-refractivity contribution in [3.63, 3.8) is 0 Å². The second-order valence-corrected chi connectivity index (χ2v) is 7.57. The van der Waals surface area contributed by atoms with Crippen molar-refractivity contribution in [1.82, 2.24) is 29.9 Å². The van der Waals surface area contributed by atoms with E-state index in [2.05, 4.69) is 20.3 Å². The van der Waals surface area contributed by atoms with Gasteiger partial charge < -0.3 is 4.90 Å². The molecule has 140 valence electrons. The average Bonchev–Trinajstić information content (AvgIpc) is 3.06. The van der Waals surface area contributed by atoms with E-state index in [0.717, 1.165) is 35.9 Å². The van der Waals surface area contributed by atoms with Crippen LogP contribution in [0.15, 0.2) is 6.07 Å². The number of hydrogen-bond acceptors (Lipinski definition) is 4. The fourth-order valence-corrected chi connectivity index (χ4v) is 3.78. The van der Waals surface area contributed by atoms with Crippen LogP contribution in [0.1, 0.15) is 54.1 Å². The lowest BCUT2D eigenvalue weighted by atomic mass is 9.97. The molecule has 1 saturated carbocycles. The molecule has 1 aliphatic carbocycles. The quantitative estimate of drug-likeness (QED) is 0.855. The molecule has 2 aromatic rings. The van der Waals surface area contributed by atoms with E-state index in [1.165, 1.54) is 0 Å². The summed E-state index contributed by atoms with van der Waals surface area (Å²) >= 11 is 0. The molecule has 3 heterocycles. The van der Waals surface area contributed by atoms with Gasteiger partial charge in [0, 0.05) is 49.5 Å². The summed E-state index contributed by atoms with van der Waals surface area (Å²) in [5, 5.41) is 11.6. The van der Waals surface area contributed by atoms with Crippen molar-refractivity contribution in [3.05, 3.63) is 29.1 Å². The third-order valence-corrected chi connectivity index (χ3v) is 5.45. The first-order valence-corrected chi connectivity index (χ1v) is 9.32. The first kappa shape index (κ1) is 17.2. The van der Waals surface area contributed by atoms with Crippen LogP contribution >= 0.6 is 0 Å². The largest absolute Gasteiger partial charge is 0.341 e. The van der Waals surface area contributed by atoms with Crippen LogP contribution in [-0.2, 0) is 11.3 Å². The van der Waals surface area contributed by atoms with Crippen LogP contribution in [0.25, 0.3) is 0 Å². The molecule has 0 spiro atoms. The number of rotatable bonds is 6. The minimum Gasteiger partial charge on any atom is -0.341 e. The molecule has 2 aromatic heterocycles. The number of aryl methyl sites for hydroxylation is 3. The van der Waals surface area contributed by atoms with Crippen molar-refractivity contribution in [2.75, 3.05) is 19.8 Å². The zero-order valence-corrected chi connectivity index (χ0v) is 15.3. The average molecular weight is 360 g/mol. The van der Waals surface area contributed by atoms with Crippen molar-refractivity contribution < 1.29 is 9.18 Å². The van der Waals surface area contributed by atoms with Gasteiger partial charge in [0.2, 0.25) is 5.91 Å². The molecular formula is C18H25FN6O. The number of carbonyl (C=O) groups excluding carboxylic acids is 1. The molecule has 1 N–H and O–H groups in total. The predicted molar refractivity (Wildman–Crippen MR) is 93.5 cm³/mol. The highest BCUT2D eigenvalue weighted by Crippen LogP contribution is 2.39. The summed E-state index contributed by atoms with van der Waals surface area (Å²) < 4.78 is 15.4. The summed E-state index contributed by atoms with van der Waals surface area (Å²) in [6.45, 7) is 4.96. The normalized spacial score (nSPS) is 23.0. The zero-order chi connectivity index (χ0) is 18.3. The first-order chi connectivity index (χ1) is 12.5. The molecule has 7 nitrogen and oxygen atoms in total. The Morgan fingerprint density at radius 3 is 2.81 bits per heavy atom. The lowest BCUT2D eigenvalue weighted by Crippen LogP contribution is -2.30. The maximum Gasteiger partial charge on any atom is 0.224 e. The number of aromatic nitrogens is 5. The Bertz CT molecular complexity index is 795. The third-order valence-electron chi connectivity index (χ3n) is 5.45. The van der Waals surface area contributed by atoms with Crippen LogP contribution in [0, 0.1) is 19.8 Å². The monoisotopic (exact) mass is 360 g/mol. The maximum absolute atomic E-state index is 13.5. The van der Waals surface area contributed by atoms with Gasteiger partial charge in [0.1, 0.15) is 5.82 Å². The van der Waals surface area contributed by atoms with E-state index in [1.807, 2.05) is 24.6 Å². The van der Waals surface area contributed by atoms with Gasteiger partial charge in [0.15, 0.2) is 5.82 Å². The predicted octanol–water partition coefficient (Wildman–Crippen LogP) is 2.10. The van der Waals surface area contributed by atoms with E-state index in [-0.39, 0.29) is 17.7 Å². The molecule has 1 amide bonds. The van der Waals surface area contributed by atoms with Crippen molar-refractivity contribution in [2.24, 2.45) is 5.92 Å². The molecule has 1 saturated heterocycles. The van der Waals surface area contributed by atoms with Gasteiger partial charge >= 0.3 is 0 Å². The minimum absolute atomic E-state index is 0.0421. The summed E-state index contributed by atoms with van der Waals surface area (Å²) in [7, 11) is 0. The molecule has 2 atom stereocenters. The highest BCUT2D eigenvalue weighted by molar-refractivity contribution is 5.76. The second-order valence-electron chi connectivity index (χ2n) is 7.57. The van der Waals surface area contributed by atoms with Crippen molar-refractivity contribution in [2.45, 2.75) is 51.5 Å². The zero-order valence-electron chi connectivity index (χ0n) is 15.3. The number of amides is 1. The van der Waals surface area contributed by atoms with Gasteiger partial charge in [-0.3, -0.25) is 19.0 Å². The Balaban J connectivity index is 1.39. The number of nitrogens with zero attached hydrogens (tertiary/aromatic N) is 5. The SMILES string of the molecule is Cc1cc(C)n(CCC(=O)N2C[C@@H](CF)[C@H](c3nc(C4CC4)n[nH]3)C2)n1. The van der Waals surface area contributed by atoms with Crippen LogP contribution in [0.2, 0.25) is 0 Å². The highest BCUT2D eigenvalue weighted by atomic mass is 19.1. The summed E-state index contributed by atoms with van der Waals surface area (Å²) in [6.07, 6.45) is 2.63. The fourth-order valence-electron chi connectivity index (χ4n) is 3.78. The second kappa shape index (κ2) is 6.81. The summed E-state index contributed by atoms with van der Waals surface area (Å²) in [5.41, 5.74) is 2.00. The van der Waals surface area contributed by atoms with Gasteiger partial charge in [-0.15, -0.1) is 0 Å². The topological polar surface area (TPSA) is 79.7 Å². The molecule has 0 unspecified atom stereocenters. The smallest absolute Gasteiger partial charge is 0.224 e. The van der Waals surface area contributed by atoms with Gasteiger partial charge in [-0.1, -0.05) is 0 Å². The Labute approximate surface area is 152 Å². The lowest BCUT2D eigenvalue weighted by Gasteiger charge is -2.16. The Kier molecular flexibility index (Phi) is 4.50. The number of halogens is 1. The van der Waals surface area contributed by atoms with Crippen LogP contribution in [0.4, 0.5) is 4.39 Å². The Morgan fingerprint density at radius 1 is 1.35 bits per heavy atom. The van der Waals surface area contributed by atoms with Gasteiger partial charge in [0.25, 0.3) is 0 Å². The lowest BCUT2D eigenvalue weighted by molar-refractivity contribution is -0.130. The van der Waals surface area contributed by atoms with Crippen molar-refractivity contribution in [1.29, 1.82) is 0 Å². The van der Waals surface area contributed by atoms with Crippen LogP contribution < -0.4 is 0 Å². The molecule has 26 heavy (non-hydrogen) atoms. The number of nitrogens with one attached hydrogen (secondary N) is 1. The van der Waals surface area contributed by atoms with Crippen molar-refractivity contribution >= 4 is 5.91 Å². The van der Waals surface area contributed by atoms with Crippen LogP contribution in [0.5, 0.6) is 0 Å². The van der Waals surface area contributed by atoms with Crippen molar-refractivity contribution in [3.8, 4) is 0 Å². The minimum atomic E-state index is -0.453. The molecule has 4 rings (SSSR count). The molecule has 2 fully saturated rings. The van der Waals surface area contributed by atoms with Gasteiger partial charge in [-0.2, -0.15) is 10.2 Å². The van der Waals surface area contributed by atoms with E-state index in [4.69, 9.17) is 0 Å².